The van der Waals surface area contributed by atoms with E-state index in [1.165, 1.54) is 6.07 Å². The van der Waals surface area contributed by atoms with Crippen molar-refractivity contribution >= 4 is 57.2 Å². The van der Waals surface area contributed by atoms with E-state index in [0.29, 0.717) is 0 Å². The van der Waals surface area contributed by atoms with Gasteiger partial charge in [0, 0.05) is 5.02 Å². The minimum absolute atomic E-state index is 0.0257. The number of hydrogen-bond acceptors (Lipinski definition) is 5. The van der Waals surface area contributed by atoms with Crippen molar-refractivity contribution in [3.63, 3.8) is 0 Å². The molecule has 220 valence electrons. The monoisotopic (exact) mass is 620 g/mol. The van der Waals surface area contributed by atoms with Gasteiger partial charge in [-0.05, 0) is 53.5 Å². The Morgan fingerprint density at radius 3 is 1.61 bits per heavy atom. The Labute approximate surface area is 262 Å². The lowest BCUT2D eigenvalue weighted by molar-refractivity contribution is -0.150. The first kappa shape index (κ1) is 30.7. The number of Topliss-reactive ketones (excluding diaryl/α,β-unsaturated/α-hetero) is 2. The summed E-state index contributed by atoms with van der Waals surface area (Å²) in [6.45, 7) is -1.54. The van der Waals surface area contributed by atoms with Gasteiger partial charge < -0.3 is 9.47 Å². The van der Waals surface area contributed by atoms with E-state index in [1.54, 1.807) is 19.1 Å². The highest BCUT2D eigenvalue weighted by molar-refractivity contribution is 7.98. The number of carbonyl (C=O) groups is 3. The number of carbonyl (C=O) groups excluding carboxylic acids is 3. The Bertz CT molecular complexity index is 1720. The van der Waals surface area contributed by atoms with Gasteiger partial charge in [0.15, 0.2) is 0 Å². The zero-order chi connectivity index (χ0) is 30.9. The Morgan fingerprint density at radius 2 is 1.14 bits per heavy atom. The highest BCUT2D eigenvalue weighted by atomic mass is 35.5. The number of rotatable bonds is 11. The Morgan fingerprint density at radius 1 is 0.659 bits per heavy atom. The molecular formula is C37H30ClO5P. The van der Waals surface area contributed by atoms with Gasteiger partial charge in [0.1, 0.15) is 12.4 Å². The quantitative estimate of drug-likeness (QED) is 0.0562. The molecule has 0 heterocycles. The SMILES string of the molecule is CCOC(=O)C(=O)C(C(=O)c1cc(Cl)ccc1OCc1ccccc1)=P(c1ccccc1)(c1ccccc1)c1ccccc1. The molecule has 0 saturated heterocycles. The smallest absolute Gasteiger partial charge is 0.379 e. The van der Waals surface area contributed by atoms with Crippen molar-refractivity contribution in [1.29, 1.82) is 0 Å². The van der Waals surface area contributed by atoms with Crippen LogP contribution < -0.4 is 20.7 Å². The van der Waals surface area contributed by atoms with E-state index in [9.17, 15) is 9.59 Å². The number of ether oxygens (including phenoxy) is 2. The predicted molar refractivity (Wildman–Crippen MR) is 178 cm³/mol. The molecular weight excluding hydrogens is 591 g/mol. The molecule has 0 aliphatic rings. The van der Waals surface area contributed by atoms with Crippen molar-refractivity contribution in [3.8, 4) is 5.75 Å². The lowest BCUT2D eigenvalue weighted by atomic mass is 10.0. The zero-order valence-corrected chi connectivity index (χ0v) is 25.7. The second-order valence-corrected chi connectivity index (χ2v) is 13.6. The molecule has 44 heavy (non-hydrogen) atoms. The Hall–Kier alpha value is -4.70. The molecule has 7 heteroatoms. The van der Waals surface area contributed by atoms with Gasteiger partial charge in [0.05, 0.1) is 17.5 Å². The van der Waals surface area contributed by atoms with Crippen LogP contribution in [0.25, 0.3) is 0 Å². The largest absolute Gasteiger partial charge is 0.488 e. The fraction of sp³-hybridized carbons (Fsp3) is 0.0811. The minimum atomic E-state index is -3.31. The zero-order valence-electron chi connectivity index (χ0n) is 24.1. The van der Waals surface area contributed by atoms with Gasteiger partial charge in [-0.1, -0.05) is 133 Å². The predicted octanol–water partition coefficient (Wildman–Crippen LogP) is 6.40. The summed E-state index contributed by atoms with van der Waals surface area (Å²) >= 11 is 6.46. The first-order chi connectivity index (χ1) is 21.5. The molecule has 0 aliphatic carbocycles. The molecule has 0 unspecified atom stereocenters. The first-order valence-electron chi connectivity index (χ1n) is 14.1. The van der Waals surface area contributed by atoms with Crippen LogP contribution in [0, 0.1) is 0 Å². The summed E-state index contributed by atoms with van der Waals surface area (Å²) in [6, 6.07) is 42.4. The van der Waals surface area contributed by atoms with E-state index >= 15 is 4.79 Å². The van der Waals surface area contributed by atoms with Gasteiger partial charge in [-0.15, -0.1) is 0 Å². The van der Waals surface area contributed by atoms with Crippen molar-refractivity contribution in [2.45, 2.75) is 13.5 Å². The molecule has 0 atom stereocenters. The molecule has 0 radical (unpaired) electrons. The van der Waals surface area contributed by atoms with Crippen LogP contribution in [0.5, 0.6) is 5.75 Å². The van der Waals surface area contributed by atoms with E-state index in [2.05, 4.69) is 0 Å². The van der Waals surface area contributed by atoms with E-state index in [-0.39, 0.29) is 34.8 Å². The van der Waals surface area contributed by atoms with Crippen LogP contribution in [0.15, 0.2) is 140 Å². The van der Waals surface area contributed by atoms with Crippen molar-refractivity contribution in [2.24, 2.45) is 0 Å². The summed E-state index contributed by atoms with van der Waals surface area (Å²) in [6.07, 6.45) is 0. The van der Waals surface area contributed by atoms with Crippen LogP contribution >= 0.6 is 18.5 Å². The topological polar surface area (TPSA) is 69.7 Å². The average Bonchev–Trinajstić information content (AvgIpc) is 3.08. The Balaban J connectivity index is 1.89. The highest BCUT2D eigenvalue weighted by Gasteiger charge is 2.40. The standard InChI is InChI=1S/C37H30ClO5P/c1-2-42-37(41)35(40)36(34(39)32-25-28(38)23-24-33(32)43-26-27-15-7-3-8-16-27)44(29-17-9-4-10-18-29,30-19-11-5-12-20-30)31-21-13-6-14-22-31/h3-25H,2,26H2,1H3. The number of ketones is 2. The van der Waals surface area contributed by atoms with Gasteiger partial charge in [-0.2, -0.15) is 0 Å². The first-order valence-corrected chi connectivity index (χ1v) is 16.3. The van der Waals surface area contributed by atoms with Gasteiger partial charge >= 0.3 is 5.97 Å². The van der Waals surface area contributed by atoms with Crippen molar-refractivity contribution in [1.82, 2.24) is 0 Å². The normalized spacial score (nSPS) is 11.0. The number of esters is 1. The maximum Gasteiger partial charge on any atom is 0.379 e. The third kappa shape index (κ3) is 6.30. The van der Waals surface area contributed by atoms with Crippen LogP contribution in [0.4, 0.5) is 0 Å². The summed E-state index contributed by atoms with van der Waals surface area (Å²) in [5.41, 5.74) is 0.973. The lowest BCUT2D eigenvalue weighted by Crippen LogP contribution is -2.41. The minimum Gasteiger partial charge on any atom is -0.488 e. The molecule has 5 aromatic rings. The summed E-state index contributed by atoms with van der Waals surface area (Å²) in [7, 11) is 0. The number of benzene rings is 5. The molecule has 5 rings (SSSR count). The molecule has 0 N–H and O–H groups in total. The van der Waals surface area contributed by atoms with Crippen LogP contribution in [0.2, 0.25) is 5.02 Å². The molecule has 5 aromatic carbocycles. The van der Waals surface area contributed by atoms with E-state index in [1.807, 2.05) is 121 Å². The van der Waals surface area contributed by atoms with Gasteiger partial charge in [0.25, 0.3) is 5.78 Å². The highest BCUT2D eigenvalue weighted by Crippen LogP contribution is 2.47. The number of halogens is 1. The van der Waals surface area contributed by atoms with Gasteiger partial charge in [-0.3, -0.25) is 9.59 Å². The van der Waals surface area contributed by atoms with Crippen molar-refractivity contribution in [2.75, 3.05) is 6.61 Å². The fourth-order valence-corrected chi connectivity index (χ4v) is 9.68. The maximum atomic E-state index is 15.1. The summed E-state index contributed by atoms with van der Waals surface area (Å²) < 4.78 is 11.4. The third-order valence-electron chi connectivity index (χ3n) is 7.08. The van der Waals surface area contributed by atoms with Crippen molar-refractivity contribution < 1.29 is 23.9 Å². The maximum absolute atomic E-state index is 15.1. The summed E-state index contributed by atoms with van der Waals surface area (Å²) in [4.78, 5) is 42.8. The Kier molecular flexibility index (Phi) is 9.91. The second kappa shape index (κ2) is 14.2. The van der Waals surface area contributed by atoms with E-state index in [0.717, 1.165) is 21.5 Å². The fourth-order valence-electron chi connectivity index (χ4n) is 5.16. The molecule has 0 amide bonds. The van der Waals surface area contributed by atoms with Crippen LogP contribution in [0.3, 0.4) is 0 Å². The van der Waals surface area contributed by atoms with Crippen LogP contribution in [-0.2, 0) is 20.9 Å². The van der Waals surface area contributed by atoms with Crippen LogP contribution in [-0.4, -0.2) is 29.4 Å². The summed E-state index contributed by atoms with van der Waals surface area (Å²) in [5.74, 6) is -2.52. The van der Waals surface area contributed by atoms with Crippen molar-refractivity contribution in [3.05, 3.63) is 156 Å². The molecule has 5 nitrogen and oxygen atoms in total. The van der Waals surface area contributed by atoms with Crippen LogP contribution in [0.1, 0.15) is 22.8 Å². The molecule has 0 aliphatic heterocycles. The third-order valence-corrected chi connectivity index (χ3v) is 11.6. The lowest BCUT2D eigenvalue weighted by Gasteiger charge is -2.31. The number of hydrogen-bond donors (Lipinski definition) is 0. The molecule has 0 bridgehead atoms. The van der Waals surface area contributed by atoms with Gasteiger partial charge in [-0.25, -0.2) is 4.79 Å². The van der Waals surface area contributed by atoms with Gasteiger partial charge in [0.2, 0.25) is 5.78 Å². The molecule has 0 spiro atoms. The average molecular weight is 621 g/mol. The molecule has 0 aromatic heterocycles. The molecule has 0 saturated carbocycles. The van der Waals surface area contributed by atoms with E-state index < -0.39 is 24.4 Å². The molecule has 0 fully saturated rings. The second-order valence-electron chi connectivity index (χ2n) is 9.82. The van der Waals surface area contributed by atoms with E-state index in [4.69, 9.17) is 21.1 Å². The summed E-state index contributed by atoms with van der Waals surface area (Å²) in [5, 5.41) is 2.28.